The number of hydrogen-bond donors (Lipinski definition) is 1. The Hall–Kier alpha value is -0.860. The predicted molar refractivity (Wildman–Crippen MR) is 71.2 cm³/mol. The number of ether oxygens (including phenoxy) is 1. The Morgan fingerprint density at radius 2 is 2.06 bits per heavy atom. The van der Waals surface area contributed by atoms with Crippen LogP contribution in [0.1, 0.15) is 37.3 Å². The Morgan fingerprint density at radius 3 is 2.65 bits per heavy atom. The van der Waals surface area contributed by atoms with Gasteiger partial charge in [0.1, 0.15) is 0 Å². The maximum absolute atomic E-state index is 6.13. The van der Waals surface area contributed by atoms with E-state index in [4.69, 9.17) is 4.74 Å². The molecule has 0 aliphatic carbocycles. The van der Waals surface area contributed by atoms with Gasteiger partial charge in [-0.15, -0.1) is 0 Å². The minimum Gasteiger partial charge on any atom is -0.370 e. The molecule has 0 amide bonds. The predicted octanol–water partition coefficient (Wildman–Crippen LogP) is 3.00. The van der Waals surface area contributed by atoms with Crippen molar-refractivity contribution in [3.63, 3.8) is 0 Å². The number of rotatable bonds is 3. The Morgan fingerprint density at radius 1 is 1.35 bits per heavy atom. The van der Waals surface area contributed by atoms with Crippen molar-refractivity contribution < 1.29 is 4.74 Å². The average molecular weight is 233 g/mol. The van der Waals surface area contributed by atoms with Crippen LogP contribution in [0.4, 0.5) is 0 Å². The van der Waals surface area contributed by atoms with Crippen LogP contribution in [-0.4, -0.2) is 19.7 Å². The van der Waals surface area contributed by atoms with Crippen LogP contribution in [0.3, 0.4) is 0 Å². The molecule has 0 spiro atoms. The average Bonchev–Trinajstić information content (AvgIpc) is 2.39. The zero-order valence-corrected chi connectivity index (χ0v) is 11.1. The summed E-state index contributed by atoms with van der Waals surface area (Å²) in [6.07, 6.45) is 3.22. The van der Waals surface area contributed by atoms with Crippen molar-refractivity contribution >= 4 is 0 Å². The monoisotopic (exact) mass is 233 g/mol. The summed E-state index contributed by atoms with van der Waals surface area (Å²) in [6.45, 7) is 5.20. The highest BCUT2D eigenvalue weighted by Gasteiger charge is 2.37. The van der Waals surface area contributed by atoms with Crippen molar-refractivity contribution in [1.82, 2.24) is 5.32 Å². The van der Waals surface area contributed by atoms with Crippen LogP contribution in [0.25, 0.3) is 0 Å². The fourth-order valence-corrected chi connectivity index (χ4v) is 2.71. The molecule has 1 heterocycles. The van der Waals surface area contributed by atoms with Gasteiger partial charge in [0.2, 0.25) is 0 Å². The molecule has 1 aromatic carbocycles. The van der Waals surface area contributed by atoms with Crippen molar-refractivity contribution in [2.24, 2.45) is 0 Å². The summed E-state index contributed by atoms with van der Waals surface area (Å²) in [5, 5.41) is 3.39. The molecule has 0 saturated carbocycles. The molecule has 1 N–H and O–H groups in total. The molecular weight excluding hydrogens is 210 g/mol. The number of benzene rings is 1. The summed E-state index contributed by atoms with van der Waals surface area (Å²) in [6, 6.07) is 9.37. The first-order valence-electron chi connectivity index (χ1n) is 6.58. The second-order valence-electron chi connectivity index (χ2n) is 5.04. The van der Waals surface area contributed by atoms with Crippen LogP contribution < -0.4 is 5.32 Å². The van der Waals surface area contributed by atoms with E-state index >= 15 is 0 Å². The van der Waals surface area contributed by atoms with Crippen molar-refractivity contribution in [2.45, 2.75) is 44.8 Å². The third-order valence-corrected chi connectivity index (χ3v) is 3.98. The molecule has 2 rings (SSSR count). The lowest BCUT2D eigenvalue weighted by Gasteiger charge is -2.41. The van der Waals surface area contributed by atoms with Crippen LogP contribution in [0, 0.1) is 6.92 Å². The van der Waals surface area contributed by atoms with E-state index in [0.717, 1.165) is 25.9 Å². The van der Waals surface area contributed by atoms with Gasteiger partial charge in [-0.2, -0.15) is 0 Å². The van der Waals surface area contributed by atoms with E-state index in [0.29, 0.717) is 6.04 Å². The number of nitrogens with one attached hydrogen (secondary N) is 1. The highest BCUT2D eigenvalue weighted by molar-refractivity contribution is 5.27. The Labute approximate surface area is 104 Å². The van der Waals surface area contributed by atoms with Gasteiger partial charge in [0.05, 0.1) is 5.60 Å². The van der Waals surface area contributed by atoms with Gasteiger partial charge in [-0.25, -0.2) is 0 Å². The summed E-state index contributed by atoms with van der Waals surface area (Å²) in [5.41, 5.74) is 2.55. The zero-order chi connectivity index (χ0) is 12.3. The van der Waals surface area contributed by atoms with E-state index < -0.39 is 0 Å². The third-order valence-electron chi connectivity index (χ3n) is 3.98. The molecule has 2 nitrogen and oxygen atoms in total. The van der Waals surface area contributed by atoms with Crippen molar-refractivity contribution in [1.29, 1.82) is 0 Å². The molecule has 2 atom stereocenters. The fraction of sp³-hybridized carbons (Fsp3) is 0.600. The second kappa shape index (κ2) is 5.19. The van der Waals surface area contributed by atoms with Gasteiger partial charge in [-0.1, -0.05) is 36.8 Å². The molecule has 1 aromatic rings. The standard InChI is InChI=1S/C15H23NO/c1-4-15(11-14(16-3)9-10-17-15)13-7-5-12(2)6-8-13/h5-8,14,16H,4,9-11H2,1-3H3. The zero-order valence-electron chi connectivity index (χ0n) is 11.1. The van der Waals surface area contributed by atoms with Crippen LogP contribution >= 0.6 is 0 Å². The fourth-order valence-electron chi connectivity index (χ4n) is 2.71. The molecule has 1 fully saturated rings. The van der Waals surface area contributed by atoms with Crippen molar-refractivity contribution in [3.8, 4) is 0 Å². The molecular formula is C15H23NO. The van der Waals surface area contributed by atoms with Gasteiger partial charge in [-0.05, 0) is 38.8 Å². The molecule has 0 radical (unpaired) electrons. The minimum absolute atomic E-state index is 0.0837. The molecule has 0 aromatic heterocycles. The maximum atomic E-state index is 6.13. The SMILES string of the molecule is CCC1(c2ccc(C)cc2)CC(NC)CCO1. The summed E-state index contributed by atoms with van der Waals surface area (Å²) in [5.74, 6) is 0. The number of hydrogen-bond acceptors (Lipinski definition) is 2. The van der Waals surface area contributed by atoms with Crippen molar-refractivity contribution in [3.05, 3.63) is 35.4 Å². The first-order valence-corrected chi connectivity index (χ1v) is 6.58. The highest BCUT2D eigenvalue weighted by atomic mass is 16.5. The van der Waals surface area contributed by atoms with Crippen LogP contribution in [-0.2, 0) is 10.3 Å². The van der Waals surface area contributed by atoms with Gasteiger partial charge in [0, 0.05) is 12.6 Å². The Bertz CT molecular complexity index is 360. The largest absolute Gasteiger partial charge is 0.370 e. The lowest BCUT2D eigenvalue weighted by molar-refractivity contribution is -0.0961. The quantitative estimate of drug-likeness (QED) is 0.866. The van der Waals surface area contributed by atoms with E-state index in [1.807, 2.05) is 7.05 Å². The van der Waals surface area contributed by atoms with Crippen molar-refractivity contribution in [2.75, 3.05) is 13.7 Å². The first kappa shape index (κ1) is 12.6. The maximum Gasteiger partial charge on any atom is 0.0943 e. The Kier molecular flexibility index (Phi) is 3.85. The van der Waals surface area contributed by atoms with E-state index in [9.17, 15) is 0 Å². The summed E-state index contributed by atoms with van der Waals surface area (Å²) < 4.78 is 6.13. The van der Waals surface area contributed by atoms with Gasteiger partial charge in [-0.3, -0.25) is 0 Å². The third kappa shape index (κ3) is 2.53. The Balaban J connectivity index is 2.26. The summed E-state index contributed by atoms with van der Waals surface area (Å²) in [7, 11) is 2.05. The van der Waals surface area contributed by atoms with E-state index in [1.54, 1.807) is 0 Å². The van der Waals surface area contributed by atoms with Crippen LogP contribution in [0.5, 0.6) is 0 Å². The molecule has 1 aliphatic heterocycles. The van der Waals surface area contributed by atoms with Crippen LogP contribution in [0.15, 0.2) is 24.3 Å². The van der Waals surface area contributed by atoms with Crippen LogP contribution in [0.2, 0.25) is 0 Å². The molecule has 2 heteroatoms. The highest BCUT2D eigenvalue weighted by Crippen LogP contribution is 2.38. The molecule has 17 heavy (non-hydrogen) atoms. The van der Waals surface area contributed by atoms with E-state index in [1.165, 1.54) is 11.1 Å². The molecule has 1 aliphatic rings. The lowest BCUT2D eigenvalue weighted by Crippen LogP contribution is -2.44. The van der Waals surface area contributed by atoms with Gasteiger partial charge in [0.15, 0.2) is 0 Å². The first-order chi connectivity index (χ1) is 8.20. The molecule has 0 bridgehead atoms. The lowest BCUT2D eigenvalue weighted by atomic mass is 9.82. The molecule has 2 unspecified atom stereocenters. The smallest absolute Gasteiger partial charge is 0.0943 e. The van der Waals surface area contributed by atoms with E-state index in [2.05, 4.69) is 43.4 Å². The molecule has 1 saturated heterocycles. The van der Waals surface area contributed by atoms with Gasteiger partial charge >= 0.3 is 0 Å². The number of aryl methyl sites for hydroxylation is 1. The molecule has 94 valence electrons. The summed E-state index contributed by atoms with van der Waals surface area (Å²) in [4.78, 5) is 0. The van der Waals surface area contributed by atoms with Gasteiger partial charge in [0.25, 0.3) is 0 Å². The normalized spacial score (nSPS) is 29.2. The minimum atomic E-state index is -0.0837. The van der Waals surface area contributed by atoms with Gasteiger partial charge < -0.3 is 10.1 Å². The second-order valence-corrected chi connectivity index (χ2v) is 5.04. The topological polar surface area (TPSA) is 21.3 Å². The summed E-state index contributed by atoms with van der Waals surface area (Å²) >= 11 is 0. The van der Waals surface area contributed by atoms with E-state index in [-0.39, 0.29) is 5.60 Å².